The molecule has 0 bridgehead atoms. The maximum atomic E-state index is 11.8. The average molecular weight is 331 g/mol. The van der Waals surface area contributed by atoms with Crippen molar-refractivity contribution in [1.29, 1.82) is 0 Å². The first-order chi connectivity index (χ1) is 10.7. The Morgan fingerprint density at radius 2 is 1.48 bits per heavy atom. The van der Waals surface area contributed by atoms with Gasteiger partial charge in [0.05, 0.1) is 19.3 Å². The van der Waals surface area contributed by atoms with Gasteiger partial charge in [0.1, 0.15) is 0 Å². The van der Waals surface area contributed by atoms with E-state index in [4.69, 9.17) is 9.47 Å². The number of nitrogens with zero attached hydrogens (tertiary/aromatic N) is 1. The Balaban J connectivity index is 4.27. The number of hydrogen-bond acceptors (Lipinski definition) is 5. The van der Waals surface area contributed by atoms with Crippen molar-refractivity contribution >= 4 is 12.2 Å². The number of carbonyl (C=O) groups is 2. The molecule has 0 radical (unpaired) electrons. The lowest BCUT2D eigenvalue weighted by Gasteiger charge is -2.21. The van der Waals surface area contributed by atoms with Crippen molar-refractivity contribution in [2.24, 2.45) is 11.8 Å². The molecule has 0 aliphatic heterocycles. The first kappa shape index (κ1) is 21.5. The first-order valence-electron chi connectivity index (χ1n) is 8.19. The zero-order valence-electron chi connectivity index (χ0n) is 15.3. The quantitative estimate of drug-likeness (QED) is 0.640. The number of ether oxygens (including phenoxy) is 2. The van der Waals surface area contributed by atoms with Gasteiger partial charge >= 0.3 is 12.2 Å². The molecule has 0 heterocycles. The van der Waals surface area contributed by atoms with E-state index in [0.29, 0.717) is 26.2 Å². The van der Waals surface area contributed by atoms with Gasteiger partial charge in [-0.2, -0.15) is 0 Å². The molecular formula is C16H33N3O4. The Morgan fingerprint density at radius 3 is 1.96 bits per heavy atom. The molecule has 7 heteroatoms. The van der Waals surface area contributed by atoms with E-state index in [1.54, 1.807) is 0 Å². The summed E-state index contributed by atoms with van der Waals surface area (Å²) in [5.41, 5.74) is 0. The molecular weight excluding hydrogens is 298 g/mol. The molecule has 2 amide bonds. The molecule has 0 unspecified atom stereocenters. The molecule has 1 atom stereocenters. The SMILES string of the molecule is CC(C)COC(=O)NC[C@H](CCN(C)C)NC(=O)OCC(C)C. The molecule has 7 nitrogen and oxygen atoms in total. The third-order valence-corrected chi connectivity index (χ3v) is 2.84. The van der Waals surface area contributed by atoms with E-state index in [-0.39, 0.29) is 17.9 Å². The molecule has 0 aliphatic rings. The summed E-state index contributed by atoms with van der Waals surface area (Å²) in [6.07, 6.45) is -0.223. The van der Waals surface area contributed by atoms with Crippen LogP contribution >= 0.6 is 0 Å². The van der Waals surface area contributed by atoms with E-state index >= 15 is 0 Å². The van der Waals surface area contributed by atoms with E-state index in [0.717, 1.165) is 6.54 Å². The standard InChI is InChI=1S/C16H33N3O4/c1-12(2)10-22-15(20)17-9-14(7-8-19(5)6)18-16(21)23-11-13(3)4/h12-14H,7-11H2,1-6H3,(H,17,20)(H,18,21)/t14-/m0/s1. The number of alkyl carbamates (subject to hydrolysis) is 2. The highest BCUT2D eigenvalue weighted by Gasteiger charge is 2.15. The van der Waals surface area contributed by atoms with Gasteiger partial charge in [-0.15, -0.1) is 0 Å². The van der Waals surface area contributed by atoms with Gasteiger partial charge in [0.2, 0.25) is 0 Å². The number of rotatable bonds is 10. The summed E-state index contributed by atoms with van der Waals surface area (Å²) in [4.78, 5) is 25.4. The van der Waals surface area contributed by atoms with Crippen molar-refractivity contribution in [3.63, 3.8) is 0 Å². The summed E-state index contributed by atoms with van der Waals surface area (Å²) >= 11 is 0. The Morgan fingerprint density at radius 1 is 0.957 bits per heavy atom. The van der Waals surface area contributed by atoms with Gasteiger partial charge in [-0.05, 0) is 38.9 Å². The minimum Gasteiger partial charge on any atom is -0.449 e. The zero-order chi connectivity index (χ0) is 17.8. The molecule has 136 valence electrons. The highest BCUT2D eigenvalue weighted by molar-refractivity contribution is 5.69. The first-order valence-corrected chi connectivity index (χ1v) is 8.19. The molecule has 0 aromatic rings. The monoisotopic (exact) mass is 331 g/mol. The van der Waals surface area contributed by atoms with Gasteiger partial charge in [-0.3, -0.25) is 0 Å². The number of carbonyl (C=O) groups excluding carboxylic acids is 2. The predicted octanol–water partition coefficient (Wildman–Crippen LogP) is 2.07. The Hall–Kier alpha value is -1.50. The van der Waals surface area contributed by atoms with Gasteiger partial charge in [-0.25, -0.2) is 9.59 Å². The number of nitrogens with one attached hydrogen (secondary N) is 2. The zero-order valence-corrected chi connectivity index (χ0v) is 15.3. The van der Waals surface area contributed by atoms with E-state index in [9.17, 15) is 9.59 Å². The number of amides is 2. The van der Waals surface area contributed by atoms with Gasteiger partial charge in [-0.1, -0.05) is 27.7 Å². The average Bonchev–Trinajstić information content (AvgIpc) is 2.45. The van der Waals surface area contributed by atoms with Crippen molar-refractivity contribution < 1.29 is 19.1 Å². The van der Waals surface area contributed by atoms with Gasteiger partial charge in [0.25, 0.3) is 0 Å². The fraction of sp³-hybridized carbons (Fsp3) is 0.875. The third-order valence-electron chi connectivity index (χ3n) is 2.84. The minimum absolute atomic E-state index is 0.205. The maximum Gasteiger partial charge on any atom is 0.407 e. The van der Waals surface area contributed by atoms with E-state index in [1.807, 2.05) is 46.7 Å². The van der Waals surface area contributed by atoms with Crippen LogP contribution in [-0.2, 0) is 9.47 Å². The van der Waals surface area contributed by atoms with Crippen LogP contribution in [-0.4, -0.2) is 63.5 Å². The molecule has 2 N–H and O–H groups in total. The predicted molar refractivity (Wildman–Crippen MR) is 90.5 cm³/mol. The van der Waals surface area contributed by atoms with Crippen molar-refractivity contribution in [2.75, 3.05) is 40.4 Å². The van der Waals surface area contributed by atoms with Crippen LogP contribution in [0.1, 0.15) is 34.1 Å². The largest absolute Gasteiger partial charge is 0.449 e. The Bertz CT molecular complexity index is 346. The van der Waals surface area contributed by atoms with E-state index in [2.05, 4.69) is 10.6 Å². The Kier molecular flexibility index (Phi) is 11.2. The van der Waals surface area contributed by atoms with Crippen LogP contribution in [0.3, 0.4) is 0 Å². The summed E-state index contributed by atoms with van der Waals surface area (Å²) in [5, 5.41) is 5.47. The third kappa shape index (κ3) is 13.9. The van der Waals surface area contributed by atoms with Crippen LogP contribution in [0, 0.1) is 11.8 Å². The van der Waals surface area contributed by atoms with Crippen LogP contribution in [0.15, 0.2) is 0 Å². The van der Waals surface area contributed by atoms with Crippen LogP contribution in [0.25, 0.3) is 0 Å². The summed E-state index contributed by atoms with van der Waals surface area (Å²) in [6, 6.07) is -0.205. The summed E-state index contributed by atoms with van der Waals surface area (Å²) in [5.74, 6) is 0.569. The maximum absolute atomic E-state index is 11.8. The van der Waals surface area contributed by atoms with Gasteiger partial charge in [0, 0.05) is 6.54 Å². The second-order valence-corrected chi connectivity index (χ2v) is 6.80. The van der Waals surface area contributed by atoms with Crippen LogP contribution < -0.4 is 10.6 Å². The molecule has 0 rings (SSSR count). The lowest BCUT2D eigenvalue weighted by Crippen LogP contribution is -2.45. The normalized spacial score (nSPS) is 12.4. The van der Waals surface area contributed by atoms with Gasteiger partial charge in [0.15, 0.2) is 0 Å². The molecule has 0 saturated heterocycles. The molecule has 0 aromatic heterocycles. The van der Waals surface area contributed by atoms with Crippen molar-refractivity contribution in [2.45, 2.75) is 40.2 Å². The highest BCUT2D eigenvalue weighted by Crippen LogP contribution is 1.98. The molecule has 0 spiro atoms. The summed E-state index contributed by atoms with van der Waals surface area (Å²) in [6.45, 7) is 9.73. The Labute approximate surface area is 140 Å². The van der Waals surface area contributed by atoms with Crippen LogP contribution in [0.4, 0.5) is 9.59 Å². The van der Waals surface area contributed by atoms with E-state index in [1.165, 1.54) is 0 Å². The van der Waals surface area contributed by atoms with Crippen molar-refractivity contribution in [3.8, 4) is 0 Å². The van der Waals surface area contributed by atoms with Crippen molar-refractivity contribution in [3.05, 3.63) is 0 Å². The van der Waals surface area contributed by atoms with Crippen LogP contribution in [0.2, 0.25) is 0 Å². The van der Waals surface area contributed by atoms with Crippen molar-refractivity contribution in [1.82, 2.24) is 15.5 Å². The lowest BCUT2D eigenvalue weighted by molar-refractivity contribution is 0.123. The molecule has 23 heavy (non-hydrogen) atoms. The molecule has 0 saturated carbocycles. The van der Waals surface area contributed by atoms with Crippen LogP contribution in [0.5, 0.6) is 0 Å². The van der Waals surface area contributed by atoms with E-state index < -0.39 is 12.2 Å². The smallest absolute Gasteiger partial charge is 0.407 e. The molecule has 0 fully saturated rings. The molecule has 0 aliphatic carbocycles. The fourth-order valence-electron chi connectivity index (χ4n) is 1.59. The second-order valence-electron chi connectivity index (χ2n) is 6.80. The minimum atomic E-state index is -0.467. The molecule has 0 aromatic carbocycles. The summed E-state index contributed by atoms with van der Waals surface area (Å²) in [7, 11) is 3.91. The lowest BCUT2D eigenvalue weighted by atomic mass is 10.2. The second kappa shape index (κ2) is 12.0. The number of hydrogen-bond donors (Lipinski definition) is 2. The topological polar surface area (TPSA) is 79.9 Å². The summed E-state index contributed by atoms with van der Waals surface area (Å²) < 4.78 is 10.2. The van der Waals surface area contributed by atoms with Gasteiger partial charge < -0.3 is 25.0 Å². The highest BCUT2D eigenvalue weighted by atomic mass is 16.6. The fourth-order valence-corrected chi connectivity index (χ4v) is 1.59.